The van der Waals surface area contributed by atoms with Crippen molar-refractivity contribution in [2.45, 2.75) is 19.9 Å². The number of carbonyl (C=O) groups is 1. The Morgan fingerprint density at radius 2 is 2.31 bits per heavy atom. The predicted molar refractivity (Wildman–Crippen MR) is 58.3 cm³/mol. The summed E-state index contributed by atoms with van der Waals surface area (Å²) in [4.78, 5) is 10.7. The van der Waals surface area contributed by atoms with Crippen molar-refractivity contribution in [1.82, 2.24) is 0 Å². The Labute approximate surface area is 93.0 Å². The summed E-state index contributed by atoms with van der Waals surface area (Å²) in [5.41, 5.74) is 0.471. The Bertz CT molecular complexity index is 381. The molecule has 0 heterocycles. The number of ether oxygens (including phenoxy) is 1. The van der Waals surface area contributed by atoms with Crippen molar-refractivity contribution in [2.75, 3.05) is 11.9 Å². The van der Waals surface area contributed by atoms with E-state index in [1.807, 2.05) is 0 Å². The van der Waals surface area contributed by atoms with Crippen LogP contribution >= 0.6 is 0 Å². The van der Waals surface area contributed by atoms with E-state index in [2.05, 4.69) is 5.32 Å². The van der Waals surface area contributed by atoms with Crippen molar-refractivity contribution in [3.63, 3.8) is 0 Å². The molecule has 0 saturated heterocycles. The molecule has 0 aliphatic carbocycles. The van der Waals surface area contributed by atoms with Gasteiger partial charge in [0.1, 0.15) is 17.6 Å². The lowest BCUT2D eigenvalue weighted by atomic mass is 10.2. The van der Waals surface area contributed by atoms with Gasteiger partial charge in [-0.3, -0.25) is 4.79 Å². The van der Waals surface area contributed by atoms with Gasteiger partial charge in [0.15, 0.2) is 0 Å². The number of anilines is 1. The van der Waals surface area contributed by atoms with E-state index in [9.17, 15) is 9.18 Å². The number of nitrogens with one attached hydrogen (secondary N) is 1. The van der Waals surface area contributed by atoms with Gasteiger partial charge in [-0.2, -0.15) is 0 Å². The Morgan fingerprint density at radius 3 is 2.88 bits per heavy atom. The van der Waals surface area contributed by atoms with E-state index in [0.717, 1.165) is 0 Å². The number of hydrogen-bond donors (Lipinski definition) is 2. The first-order valence-corrected chi connectivity index (χ1v) is 4.96. The molecule has 1 aromatic carbocycles. The molecule has 0 radical (unpaired) electrons. The number of halogens is 1. The second kappa shape index (κ2) is 5.34. The van der Waals surface area contributed by atoms with Gasteiger partial charge in [-0.05, 0) is 26.0 Å². The largest absolute Gasteiger partial charge is 0.492 e. The van der Waals surface area contributed by atoms with E-state index in [-0.39, 0.29) is 0 Å². The predicted octanol–water partition coefficient (Wildman–Crippen LogP) is 2.11. The zero-order valence-corrected chi connectivity index (χ0v) is 9.16. The molecule has 5 heteroatoms. The van der Waals surface area contributed by atoms with E-state index >= 15 is 0 Å². The van der Waals surface area contributed by atoms with E-state index in [1.54, 1.807) is 6.92 Å². The summed E-state index contributed by atoms with van der Waals surface area (Å²) >= 11 is 0. The average Bonchev–Trinajstić information content (AvgIpc) is 2.22. The highest BCUT2D eigenvalue weighted by atomic mass is 19.1. The van der Waals surface area contributed by atoms with Crippen molar-refractivity contribution < 1.29 is 19.0 Å². The van der Waals surface area contributed by atoms with Gasteiger partial charge >= 0.3 is 5.97 Å². The molecule has 0 aliphatic heterocycles. The maximum Gasteiger partial charge on any atom is 0.325 e. The van der Waals surface area contributed by atoms with Crippen LogP contribution < -0.4 is 10.1 Å². The van der Waals surface area contributed by atoms with Crippen molar-refractivity contribution in [1.29, 1.82) is 0 Å². The molecule has 0 aliphatic rings. The monoisotopic (exact) mass is 227 g/mol. The molecule has 2 N–H and O–H groups in total. The van der Waals surface area contributed by atoms with Gasteiger partial charge in [0.25, 0.3) is 0 Å². The number of rotatable bonds is 5. The van der Waals surface area contributed by atoms with Crippen molar-refractivity contribution in [3.05, 3.63) is 24.0 Å². The van der Waals surface area contributed by atoms with Crippen LogP contribution in [0.2, 0.25) is 0 Å². The van der Waals surface area contributed by atoms with Crippen LogP contribution in [0, 0.1) is 5.82 Å². The second-order valence-electron chi connectivity index (χ2n) is 3.28. The molecule has 0 amide bonds. The summed E-state index contributed by atoms with van der Waals surface area (Å²) < 4.78 is 18.1. The third-order valence-electron chi connectivity index (χ3n) is 1.99. The number of carboxylic acid groups (broad SMARTS) is 1. The second-order valence-corrected chi connectivity index (χ2v) is 3.28. The fourth-order valence-electron chi connectivity index (χ4n) is 1.19. The number of benzene rings is 1. The van der Waals surface area contributed by atoms with Crippen molar-refractivity contribution in [3.8, 4) is 5.75 Å². The average molecular weight is 227 g/mol. The van der Waals surface area contributed by atoms with Crippen molar-refractivity contribution >= 4 is 11.7 Å². The fourth-order valence-corrected chi connectivity index (χ4v) is 1.19. The fraction of sp³-hybridized carbons (Fsp3) is 0.364. The highest BCUT2D eigenvalue weighted by Crippen LogP contribution is 2.26. The zero-order valence-electron chi connectivity index (χ0n) is 9.16. The summed E-state index contributed by atoms with van der Waals surface area (Å²) in [6, 6.07) is 3.17. The normalized spacial score (nSPS) is 11.9. The summed E-state index contributed by atoms with van der Waals surface area (Å²) in [5.74, 6) is -1.08. The standard InChI is InChI=1S/C11H14FNO3/c1-3-16-10-6-8(12)4-5-9(10)13-7(2)11(14)15/h4-7,13H,3H2,1-2H3,(H,14,15). The van der Waals surface area contributed by atoms with Crippen molar-refractivity contribution in [2.24, 2.45) is 0 Å². The Kier molecular flexibility index (Phi) is 4.10. The Morgan fingerprint density at radius 1 is 1.62 bits per heavy atom. The van der Waals surface area contributed by atoms with Crippen LogP contribution in [0.5, 0.6) is 5.75 Å². The maximum absolute atomic E-state index is 12.9. The van der Waals surface area contributed by atoms with Crippen LogP contribution in [-0.2, 0) is 4.79 Å². The molecule has 1 rings (SSSR count). The highest BCUT2D eigenvalue weighted by molar-refractivity contribution is 5.77. The lowest BCUT2D eigenvalue weighted by molar-refractivity contribution is -0.137. The molecule has 1 aromatic rings. The lowest BCUT2D eigenvalue weighted by Crippen LogP contribution is -2.25. The molecule has 0 fully saturated rings. The van der Waals surface area contributed by atoms with E-state index in [1.165, 1.54) is 25.1 Å². The zero-order chi connectivity index (χ0) is 12.1. The van der Waals surface area contributed by atoms with Gasteiger partial charge in [0, 0.05) is 6.07 Å². The van der Waals surface area contributed by atoms with Gasteiger partial charge in [0.05, 0.1) is 12.3 Å². The van der Waals surface area contributed by atoms with Crippen LogP contribution in [0.3, 0.4) is 0 Å². The molecule has 1 unspecified atom stereocenters. The third kappa shape index (κ3) is 3.12. The summed E-state index contributed by atoms with van der Waals surface area (Å²) in [6.07, 6.45) is 0. The van der Waals surface area contributed by atoms with Crippen LogP contribution in [-0.4, -0.2) is 23.7 Å². The van der Waals surface area contributed by atoms with Gasteiger partial charge in [0.2, 0.25) is 0 Å². The van der Waals surface area contributed by atoms with Gasteiger partial charge < -0.3 is 15.2 Å². The molecule has 4 nitrogen and oxygen atoms in total. The Hall–Kier alpha value is -1.78. The molecular weight excluding hydrogens is 213 g/mol. The van der Waals surface area contributed by atoms with Gasteiger partial charge in [-0.25, -0.2) is 4.39 Å². The minimum Gasteiger partial charge on any atom is -0.492 e. The minimum atomic E-state index is -0.980. The minimum absolute atomic E-state index is 0.315. The number of carboxylic acids is 1. The third-order valence-corrected chi connectivity index (χ3v) is 1.99. The van der Waals surface area contributed by atoms with E-state index in [0.29, 0.717) is 18.0 Å². The van der Waals surface area contributed by atoms with Crippen LogP contribution in [0.15, 0.2) is 18.2 Å². The molecule has 88 valence electrons. The molecule has 1 atom stereocenters. The summed E-state index contributed by atoms with van der Waals surface area (Å²) in [6.45, 7) is 3.66. The number of hydrogen-bond acceptors (Lipinski definition) is 3. The highest BCUT2D eigenvalue weighted by Gasteiger charge is 2.13. The molecule has 0 aromatic heterocycles. The lowest BCUT2D eigenvalue weighted by Gasteiger charge is -2.15. The Balaban J connectivity index is 2.89. The molecular formula is C11H14FNO3. The summed E-state index contributed by atoms with van der Waals surface area (Å²) in [5, 5.41) is 11.5. The topological polar surface area (TPSA) is 58.6 Å². The first kappa shape index (κ1) is 12.3. The SMILES string of the molecule is CCOc1cc(F)ccc1NC(C)C(=O)O. The quantitative estimate of drug-likeness (QED) is 0.808. The van der Waals surface area contributed by atoms with E-state index in [4.69, 9.17) is 9.84 Å². The van der Waals surface area contributed by atoms with E-state index < -0.39 is 17.8 Å². The smallest absolute Gasteiger partial charge is 0.325 e. The number of aliphatic carboxylic acids is 1. The van der Waals surface area contributed by atoms with Crippen LogP contribution in [0.25, 0.3) is 0 Å². The first-order chi connectivity index (χ1) is 7.54. The summed E-state index contributed by atoms with van der Waals surface area (Å²) in [7, 11) is 0. The van der Waals surface area contributed by atoms with Gasteiger partial charge in [-0.15, -0.1) is 0 Å². The maximum atomic E-state index is 12.9. The molecule has 16 heavy (non-hydrogen) atoms. The molecule has 0 bridgehead atoms. The first-order valence-electron chi connectivity index (χ1n) is 4.96. The molecule has 0 spiro atoms. The van der Waals surface area contributed by atoms with Crippen LogP contribution in [0.1, 0.15) is 13.8 Å². The molecule has 0 saturated carbocycles. The van der Waals surface area contributed by atoms with Gasteiger partial charge in [-0.1, -0.05) is 0 Å². The van der Waals surface area contributed by atoms with Crippen LogP contribution in [0.4, 0.5) is 10.1 Å².